The molecule has 0 radical (unpaired) electrons. The van der Waals surface area contributed by atoms with Gasteiger partial charge in [0.05, 0.1) is 20.0 Å². The topological polar surface area (TPSA) is 82.5 Å². The highest BCUT2D eigenvalue weighted by Crippen LogP contribution is 2.08. The third-order valence-corrected chi connectivity index (χ3v) is 2.48. The van der Waals surface area contributed by atoms with Crippen LogP contribution in [0.5, 0.6) is 0 Å². The first-order valence-corrected chi connectivity index (χ1v) is 6.62. The minimum atomic E-state index is -0.652. The summed E-state index contributed by atoms with van der Waals surface area (Å²) in [4.78, 5) is 23.0. The van der Waals surface area contributed by atoms with E-state index in [0.29, 0.717) is 6.33 Å². The van der Waals surface area contributed by atoms with Gasteiger partial charge in [0.1, 0.15) is 11.3 Å². The maximum absolute atomic E-state index is 12.9. The largest absolute Gasteiger partial charge is 0.464 e. The molecule has 0 bridgehead atoms. The van der Waals surface area contributed by atoms with E-state index in [2.05, 4.69) is 15.2 Å². The van der Waals surface area contributed by atoms with E-state index in [1.165, 1.54) is 24.1 Å². The van der Waals surface area contributed by atoms with Gasteiger partial charge in [-0.3, -0.25) is 4.68 Å². The van der Waals surface area contributed by atoms with Crippen molar-refractivity contribution in [3.05, 3.63) is 29.9 Å². The van der Waals surface area contributed by atoms with Gasteiger partial charge in [-0.05, 0) is 32.4 Å². The second-order valence-electron chi connectivity index (χ2n) is 5.49. The Morgan fingerprint density at radius 2 is 2.14 bits per heavy atom. The number of halogens is 1. The quantitative estimate of drug-likeness (QED) is 0.841. The lowest BCUT2D eigenvalue weighted by atomic mass is 10.2. The zero-order chi connectivity index (χ0) is 16.8. The van der Waals surface area contributed by atoms with Gasteiger partial charge >= 0.3 is 12.1 Å². The number of carbonyl (C=O) groups excluding carboxylic acids is 2. The molecule has 0 atom stereocenters. The van der Waals surface area contributed by atoms with Gasteiger partial charge in [-0.15, -0.1) is 0 Å². The molecule has 0 aliphatic rings. The van der Waals surface area contributed by atoms with Crippen molar-refractivity contribution >= 4 is 12.1 Å². The Kier molecular flexibility index (Phi) is 6.09. The van der Waals surface area contributed by atoms with E-state index < -0.39 is 17.7 Å². The van der Waals surface area contributed by atoms with E-state index in [-0.39, 0.29) is 24.4 Å². The zero-order valence-electron chi connectivity index (χ0n) is 13.1. The molecule has 1 aromatic heterocycles. The number of carbonyl (C=O) groups is 2. The summed E-state index contributed by atoms with van der Waals surface area (Å²) in [6, 6.07) is 1.46. The summed E-state index contributed by atoms with van der Waals surface area (Å²) in [5, 5.41) is 6.36. The molecule has 7 nitrogen and oxygen atoms in total. The van der Waals surface area contributed by atoms with Crippen molar-refractivity contribution in [2.75, 3.05) is 13.7 Å². The standard InChI is InChI=1S/C14H20FN3O4/c1-14(2,3)22-13(20)16-8-10(7-15)9-18-11(5-6-17-18)12(19)21-4/h5-7H,8-9H2,1-4H3,(H,16,20). The number of alkyl carbamates (subject to hydrolysis) is 1. The monoisotopic (exact) mass is 313 g/mol. The molecular weight excluding hydrogens is 293 g/mol. The maximum atomic E-state index is 12.9. The van der Waals surface area contributed by atoms with Gasteiger partial charge in [0.2, 0.25) is 0 Å². The first-order valence-electron chi connectivity index (χ1n) is 6.62. The van der Waals surface area contributed by atoms with Crippen LogP contribution in [0.15, 0.2) is 24.2 Å². The van der Waals surface area contributed by atoms with Crippen molar-refractivity contribution < 1.29 is 23.5 Å². The highest BCUT2D eigenvalue weighted by atomic mass is 19.1. The summed E-state index contributed by atoms with van der Waals surface area (Å²) in [6.07, 6.45) is 1.12. The molecule has 0 aromatic carbocycles. The average molecular weight is 313 g/mol. The summed E-state index contributed by atoms with van der Waals surface area (Å²) < 4.78 is 23.9. The highest BCUT2D eigenvalue weighted by Gasteiger charge is 2.17. The molecule has 0 aliphatic carbocycles. The predicted molar refractivity (Wildman–Crippen MR) is 77.0 cm³/mol. The number of hydrogen-bond donors (Lipinski definition) is 1. The number of nitrogens with one attached hydrogen (secondary N) is 1. The summed E-state index contributed by atoms with van der Waals surface area (Å²) in [5.41, 5.74) is -0.220. The van der Waals surface area contributed by atoms with Crippen LogP contribution < -0.4 is 5.32 Å². The Morgan fingerprint density at radius 1 is 1.45 bits per heavy atom. The third kappa shape index (κ3) is 5.55. The van der Waals surface area contributed by atoms with Crippen molar-refractivity contribution in [2.45, 2.75) is 32.9 Å². The van der Waals surface area contributed by atoms with Crippen molar-refractivity contribution in [2.24, 2.45) is 0 Å². The smallest absolute Gasteiger partial charge is 0.407 e. The van der Waals surface area contributed by atoms with E-state index in [1.54, 1.807) is 20.8 Å². The van der Waals surface area contributed by atoms with E-state index in [1.807, 2.05) is 0 Å². The predicted octanol–water partition coefficient (Wildman–Crippen LogP) is 2.05. The molecule has 1 N–H and O–H groups in total. The second-order valence-corrected chi connectivity index (χ2v) is 5.49. The lowest BCUT2D eigenvalue weighted by Gasteiger charge is -2.20. The third-order valence-electron chi connectivity index (χ3n) is 2.48. The number of rotatable bonds is 5. The molecule has 1 amide bonds. The van der Waals surface area contributed by atoms with Gasteiger partial charge in [0.15, 0.2) is 0 Å². The number of aromatic nitrogens is 2. The number of amides is 1. The van der Waals surface area contributed by atoms with E-state index in [9.17, 15) is 14.0 Å². The van der Waals surface area contributed by atoms with Crippen LogP contribution >= 0.6 is 0 Å². The fraction of sp³-hybridized carbons (Fsp3) is 0.500. The van der Waals surface area contributed by atoms with E-state index in [4.69, 9.17) is 4.74 Å². The fourth-order valence-electron chi connectivity index (χ4n) is 1.56. The molecule has 0 spiro atoms. The van der Waals surface area contributed by atoms with Gasteiger partial charge in [-0.2, -0.15) is 5.10 Å². The maximum Gasteiger partial charge on any atom is 0.407 e. The van der Waals surface area contributed by atoms with Crippen molar-refractivity contribution in [1.82, 2.24) is 15.1 Å². The van der Waals surface area contributed by atoms with Crippen LogP contribution in [0, 0.1) is 0 Å². The fourth-order valence-corrected chi connectivity index (χ4v) is 1.56. The Hall–Kier alpha value is -2.38. The highest BCUT2D eigenvalue weighted by molar-refractivity contribution is 5.87. The molecule has 0 saturated heterocycles. The van der Waals surface area contributed by atoms with Gasteiger partial charge in [-0.25, -0.2) is 14.0 Å². The first kappa shape index (κ1) is 17.7. The number of hydrogen-bond acceptors (Lipinski definition) is 5. The van der Waals surface area contributed by atoms with E-state index in [0.717, 1.165) is 0 Å². The minimum absolute atomic E-state index is 0.00370. The molecule has 1 rings (SSSR count). The summed E-state index contributed by atoms with van der Waals surface area (Å²) in [6.45, 7) is 5.12. The zero-order valence-corrected chi connectivity index (χ0v) is 13.1. The lowest BCUT2D eigenvalue weighted by molar-refractivity contribution is 0.0528. The number of nitrogens with zero attached hydrogens (tertiary/aromatic N) is 2. The van der Waals surface area contributed by atoms with Gasteiger partial charge < -0.3 is 14.8 Å². The molecule has 0 unspecified atom stereocenters. The molecule has 1 aromatic rings. The van der Waals surface area contributed by atoms with Crippen LogP contribution in [0.4, 0.5) is 9.18 Å². The molecule has 1 heterocycles. The van der Waals surface area contributed by atoms with Crippen LogP contribution in [0.1, 0.15) is 31.3 Å². The Morgan fingerprint density at radius 3 is 2.68 bits per heavy atom. The number of methoxy groups -OCH3 is 1. The molecule has 0 saturated carbocycles. The summed E-state index contributed by atoms with van der Waals surface area (Å²) >= 11 is 0. The van der Waals surface area contributed by atoms with Crippen molar-refractivity contribution in [1.29, 1.82) is 0 Å². The van der Waals surface area contributed by atoms with Gasteiger partial charge in [0, 0.05) is 12.7 Å². The lowest BCUT2D eigenvalue weighted by Crippen LogP contribution is -2.34. The number of esters is 1. The van der Waals surface area contributed by atoms with Crippen molar-refractivity contribution in [3.8, 4) is 0 Å². The van der Waals surface area contributed by atoms with Crippen LogP contribution in [0.2, 0.25) is 0 Å². The van der Waals surface area contributed by atoms with Gasteiger partial charge in [0.25, 0.3) is 0 Å². The Labute approximate surface area is 128 Å². The van der Waals surface area contributed by atoms with Crippen LogP contribution in [-0.2, 0) is 16.0 Å². The van der Waals surface area contributed by atoms with Crippen molar-refractivity contribution in [3.63, 3.8) is 0 Å². The van der Waals surface area contributed by atoms with Crippen LogP contribution in [-0.4, -0.2) is 41.1 Å². The minimum Gasteiger partial charge on any atom is -0.464 e. The molecule has 22 heavy (non-hydrogen) atoms. The second kappa shape index (κ2) is 7.58. The molecule has 8 heteroatoms. The van der Waals surface area contributed by atoms with Crippen LogP contribution in [0.25, 0.3) is 0 Å². The Bertz CT molecular complexity index is 561. The molecule has 0 fully saturated rings. The van der Waals surface area contributed by atoms with E-state index >= 15 is 0 Å². The molecule has 122 valence electrons. The first-order chi connectivity index (χ1) is 10.3. The Balaban J connectivity index is 2.62. The normalized spacial score (nSPS) is 12.0. The van der Waals surface area contributed by atoms with Crippen LogP contribution in [0.3, 0.4) is 0 Å². The summed E-state index contributed by atoms with van der Waals surface area (Å²) in [5.74, 6) is -0.573. The SMILES string of the molecule is COC(=O)c1ccnn1CC(=CF)CNC(=O)OC(C)(C)C. The van der Waals surface area contributed by atoms with Gasteiger partial charge in [-0.1, -0.05) is 0 Å². The molecular formula is C14H20FN3O4. The molecule has 0 aliphatic heterocycles. The number of ether oxygens (including phenoxy) is 2. The average Bonchev–Trinajstić information content (AvgIpc) is 2.88. The summed E-state index contributed by atoms with van der Waals surface area (Å²) in [7, 11) is 1.25.